The summed E-state index contributed by atoms with van der Waals surface area (Å²) in [5.74, 6) is 1.66. The third kappa shape index (κ3) is 4.43. The molecular weight excluding hydrogens is 284 g/mol. The molecule has 2 rings (SSSR count). The number of urea groups is 1. The Hall–Kier alpha value is -1.63. The van der Waals surface area contributed by atoms with Crippen LogP contribution in [0.25, 0.3) is 0 Å². The van der Waals surface area contributed by atoms with Crippen molar-refractivity contribution in [3.05, 3.63) is 11.7 Å². The summed E-state index contributed by atoms with van der Waals surface area (Å²) in [7, 11) is 1.75. The third-order valence-corrected chi connectivity index (χ3v) is 4.09. The van der Waals surface area contributed by atoms with E-state index >= 15 is 0 Å². The Kier molecular flexibility index (Phi) is 5.76. The first-order valence-electron chi connectivity index (χ1n) is 7.97. The summed E-state index contributed by atoms with van der Waals surface area (Å²) in [5.41, 5.74) is 0. The van der Waals surface area contributed by atoms with Gasteiger partial charge in [-0.15, -0.1) is 0 Å². The Bertz CT molecular complexity index is 489. The molecule has 0 bridgehead atoms. The van der Waals surface area contributed by atoms with E-state index in [0.717, 1.165) is 19.3 Å². The second-order valence-electron chi connectivity index (χ2n) is 6.32. The highest BCUT2D eigenvalue weighted by Crippen LogP contribution is 2.25. The van der Waals surface area contributed by atoms with Crippen LogP contribution in [0.1, 0.15) is 50.7 Å². The fourth-order valence-corrected chi connectivity index (χ4v) is 2.68. The van der Waals surface area contributed by atoms with Gasteiger partial charge in [0.1, 0.15) is 0 Å². The van der Waals surface area contributed by atoms with Crippen LogP contribution < -0.4 is 5.32 Å². The molecular formula is C15H26N4O3. The SMILES string of the molecule is CC(C)c1noc(CCNC(=O)N(C)CC2CCCC2O)n1. The molecule has 124 valence electrons. The van der Waals surface area contributed by atoms with Gasteiger partial charge in [-0.3, -0.25) is 0 Å². The molecule has 0 radical (unpaired) electrons. The standard InChI is InChI=1S/C15H26N4O3/c1-10(2)14-17-13(22-18-14)7-8-16-15(21)19(3)9-11-5-4-6-12(11)20/h10-12,20H,4-9H2,1-3H3,(H,16,21). The van der Waals surface area contributed by atoms with Crippen molar-refractivity contribution in [2.24, 2.45) is 5.92 Å². The molecule has 0 aromatic carbocycles. The van der Waals surface area contributed by atoms with Gasteiger partial charge in [0.2, 0.25) is 5.89 Å². The van der Waals surface area contributed by atoms with Gasteiger partial charge in [-0.05, 0) is 12.8 Å². The lowest BCUT2D eigenvalue weighted by Gasteiger charge is -2.23. The maximum absolute atomic E-state index is 12.0. The van der Waals surface area contributed by atoms with Crippen molar-refractivity contribution in [1.82, 2.24) is 20.4 Å². The quantitative estimate of drug-likeness (QED) is 0.831. The van der Waals surface area contributed by atoms with E-state index in [2.05, 4.69) is 15.5 Å². The molecule has 1 aliphatic carbocycles. The first-order valence-corrected chi connectivity index (χ1v) is 7.97. The predicted molar refractivity (Wildman–Crippen MR) is 81.5 cm³/mol. The first kappa shape index (κ1) is 16.7. The average Bonchev–Trinajstić information content (AvgIpc) is 3.09. The fraction of sp³-hybridized carbons (Fsp3) is 0.800. The molecule has 1 aromatic heterocycles. The molecule has 1 aliphatic rings. The molecule has 2 amide bonds. The number of aliphatic hydroxyl groups excluding tert-OH is 1. The molecule has 1 aromatic rings. The Labute approximate surface area is 131 Å². The van der Waals surface area contributed by atoms with Gasteiger partial charge in [0.15, 0.2) is 5.82 Å². The van der Waals surface area contributed by atoms with E-state index in [1.165, 1.54) is 0 Å². The minimum atomic E-state index is -0.275. The smallest absolute Gasteiger partial charge is 0.317 e. The van der Waals surface area contributed by atoms with Crippen LogP contribution in [0.3, 0.4) is 0 Å². The zero-order valence-electron chi connectivity index (χ0n) is 13.6. The molecule has 1 heterocycles. The highest BCUT2D eigenvalue weighted by molar-refractivity contribution is 5.73. The lowest BCUT2D eigenvalue weighted by molar-refractivity contribution is 0.114. The zero-order valence-corrected chi connectivity index (χ0v) is 13.6. The maximum Gasteiger partial charge on any atom is 0.317 e. The summed E-state index contributed by atoms with van der Waals surface area (Å²) in [5, 5.41) is 16.5. The highest BCUT2D eigenvalue weighted by atomic mass is 16.5. The van der Waals surface area contributed by atoms with Gasteiger partial charge in [0.05, 0.1) is 6.10 Å². The number of carbonyl (C=O) groups is 1. The first-order chi connectivity index (χ1) is 10.5. The van der Waals surface area contributed by atoms with Gasteiger partial charge in [-0.2, -0.15) is 4.98 Å². The number of hydrogen-bond acceptors (Lipinski definition) is 5. The second-order valence-corrected chi connectivity index (χ2v) is 6.32. The number of nitrogens with zero attached hydrogens (tertiary/aromatic N) is 3. The topological polar surface area (TPSA) is 91.5 Å². The lowest BCUT2D eigenvalue weighted by Crippen LogP contribution is -2.41. The Balaban J connectivity index is 1.70. The summed E-state index contributed by atoms with van der Waals surface area (Å²) in [6, 6.07) is -0.136. The molecule has 1 fully saturated rings. The van der Waals surface area contributed by atoms with Gasteiger partial charge in [0, 0.05) is 38.4 Å². The van der Waals surface area contributed by atoms with Gasteiger partial charge < -0.3 is 19.8 Å². The second kappa shape index (κ2) is 7.58. The monoisotopic (exact) mass is 310 g/mol. The van der Waals surface area contributed by atoms with Crippen LogP contribution in [0.4, 0.5) is 4.79 Å². The highest BCUT2D eigenvalue weighted by Gasteiger charge is 2.27. The van der Waals surface area contributed by atoms with Crippen molar-refractivity contribution in [1.29, 1.82) is 0 Å². The third-order valence-electron chi connectivity index (χ3n) is 4.09. The van der Waals surface area contributed by atoms with Crippen LogP contribution in [-0.2, 0) is 6.42 Å². The molecule has 0 spiro atoms. The van der Waals surface area contributed by atoms with Gasteiger partial charge in [-0.25, -0.2) is 4.79 Å². The Morgan fingerprint density at radius 1 is 1.50 bits per heavy atom. The van der Waals surface area contributed by atoms with Crippen LogP contribution in [-0.4, -0.2) is 52.4 Å². The van der Waals surface area contributed by atoms with Gasteiger partial charge >= 0.3 is 6.03 Å². The molecule has 7 heteroatoms. The number of hydrogen-bond donors (Lipinski definition) is 2. The fourth-order valence-electron chi connectivity index (χ4n) is 2.68. The molecule has 2 N–H and O–H groups in total. The zero-order chi connectivity index (χ0) is 16.1. The van der Waals surface area contributed by atoms with E-state index in [-0.39, 0.29) is 24.0 Å². The number of rotatable bonds is 6. The Morgan fingerprint density at radius 3 is 2.86 bits per heavy atom. The van der Waals surface area contributed by atoms with Crippen molar-refractivity contribution < 1.29 is 14.4 Å². The van der Waals surface area contributed by atoms with Crippen LogP contribution in [0.15, 0.2) is 4.52 Å². The van der Waals surface area contributed by atoms with Crippen molar-refractivity contribution in [2.75, 3.05) is 20.1 Å². The maximum atomic E-state index is 12.0. The summed E-state index contributed by atoms with van der Waals surface area (Å²) in [4.78, 5) is 17.9. The summed E-state index contributed by atoms with van der Waals surface area (Å²) >= 11 is 0. The summed E-state index contributed by atoms with van der Waals surface area (Å²) in [6.07, 6.45) is 3.11. The molecule has 0 saturated heterocycles. The number of aliphatic hydroxyl groups is 1. The van der Waals surface area contributed by atoms with Crippen LogP contribution >= 0.6 is 0 Å². The molecule has 1 saturated carbocycles. The molecule has 2 atom stereocenters. The molecule has 2 unspecified atom stereocenters. The number of amides is 2. The number of nitrogens with one attached hydrogen (secondary N) is 1. The van der Waals surface area contributed by atoms with E-state index < -0.39 is 0 Å². The van der Waals surface area contributed by atoms with Crippen molar-refractivity contribution in [3.63, 3.8) is 0 Å². The van der Waals surface area contributed by atoms with E-state index in [1.807, 2.05) is 13.8 Å². The normalized spacial score (nSPS) is 21.3. The minimum Gasteiger partial charge on any atom is -0.393 e. The largest absolute Gasteiger partial charge is 0.393 e. The van der Waals surface area contributed by atoms with Gasteiger partial charge in [0.25, 0.3) is 0 Å². The van der Waals surface area contributed by atoms with Crippen LogP contribution in [0.5, 0.6) is 0 Å². The van der Waals surface area contributed by atoms with Gasteiger partial charge in [-0.1, -0.05) is 25.4 Å². The number of aromatic nitrogens is 2. The van der Waals surface area contributed by atoms with E-state index in [1.54, 1.807) is 11.9 Å². The Morgan fingerprint density at radius 2 is 2.27 bits per heavy atom. The minimum absolute atomic E-state index is 0.136. The number of carbonyl (C=O) groups excluding carboxylic acids is 1. The van der Waals surface area contributed by atoms with Crippen molar-refractivity contribution >= 4 is 6.03 Å². The van der Waals surface area contributed by atoms with Crippen molar-refractivity contribution in [3.8, 4) is 0 Å². The molecule has 22 heavy (non-hydrogen) atoms. The van der Waals surface area contributed by atoms with Crippen LogP contribution in [0, 0.1) is 5.92 Å². The van der Waals surface area contributed by atoms with Crippen molar-refractivity contribution in [2.45, 2.75) is 51.6 Å². The van der Waals surface area contributed by atoms with Crippen LogP contribution in [0.2, 0.25) is 0 Å². The molecule has 0 aliphatic heterocycles. The summed E-state index contributed by atoms with van der Waals surface area (Å²) < 4.78 is 5.13. The predicted octanol–water partition coefficient (Wildman–Crippen LogP) is 1.54. The molecule has 7 nitrogen and oxygen atoms in total. The van der Waals surface area contributed by atoms with E-state index in [4.69, 9.17) is 4.52 Å². The average molecular weight is 310 g/mol. The van der Waals surface area contributed by atoms with E-state index in [9.17, 15) is 9.90 Å². The lowest BCUT2D eigenvalue weighted by atomic mass is 10.1. The van der Waals surface area contributed by atoms with E-state index in [0.29, 0.717) is 31.2 Å². The summed E-state index contributed by atoms with van der Waals surface area (Å²) in [6.45, 7) is 5.05.